The van der Waals surface area contributed by atoms with Gasteiger partial charge in [-0.1, -0.05) is 24.3 Å². The average Bonchev–Trinajstić information content (AvgIpc) is 2.78. The van der Waals surface area contributed by atoms with E-state index < -0.39 is 10.8 Å². The number of rotatable bonds is 7. The first kappa shape index (κ1) is 21.5. The number of nitrogens with zero attached hydrogens (tertiary/aromatic N) is 3. The van der Waals surface area contributed by atoms with Crippen LogP contribution in [0.5, 0.6) is 0 Å². The zero-order valence-electron chi connectivity index (χ0n) is 18.7. The van der Waals surface area contributed by atoms with Crippen LogP contribution in [0.15, 0.2) is 64.6 Å². The summed E-state index contributed by atoms with van der Waals surface area (Å²) in [6.45, 7) is 6.81. The van der Waals surface area contributed by atoms with Crippen molar-refractivity contribution >= 4 is 27.9 Å². The molecule has 1 aromatic heterocycles. The highest BCUT2D eigenvalue weighted by atomic mass is 32.2. The third-order valence-electron chi connectivity index (χ3n) is 5.91. The molecule has 0 bridgehead atoms. The van der Waals surface area contributed by atoms with Crippen molar-refractivity contribution in [3.63, 3.8) is 0 Å². The van der Waals surface area contributed by atoms with Crippen LogP contribution in [0, 0.1) is 13.8 Å². The van der Waals surface area contributed by atoms with Gasteiger partial charge in [-0.25, -0.2) is 4.21 Å². The Morgan fingerprint density at radius 2 is 1.87 bits per heavy atom. The Balaban J connectivity index is 1.49. The van der Waals surface area contributed by atoms with Crippen LogP contribution in [0.2, 0.25) is 0 Å². The number of nitrogens with one attached hydrogen (secondary N) is 1. The molecule has 1 N–H and O–H groups in total. The lowest BCUT2D eigenvalue weighted by Gasteiger charge is -2.34. The summed E-state index contributed by atoms with van der Waals surface area (Å²) in [7, 11) is 2.98. The molecule has 1 unspecified atom stereocenters. The maximum absolute atomic E-state index is 13.2. The van der Waals surface area contributed by atoms with Crippen molar-refractivity contribution < 1.29 is 4.21 Å². The van der Waals surface area contributed by atoms with Crippen LogP contribution in [0.4, 0.5) is 17.1 Å². The molecule has 0 aliphatic carbocycles. The lowest BCUT2D eigenvalue weighted by molar-refractivity contribution is 0.646. The van der Waals surface area contributed by atoms with E-state index in [4.69, 9.17) is 0 Å². The molecule has 0 spiro atoms. The van der Waals surface area contributed by atoms with E-state index in [9.17, 15) is 4.21 Å². The van der Waals surface area contributed by atoms with E-state index >= 15 is 0 Å². The zero-order chi connectivity index (χ0) is 22.0. The second-order valence-electron chi connectivity index (χ2n) is 8.17. The Labute approximate surface area is 187 Å². The van der Waals surface area contributed by atoms with E-state index in [0.29, 0.717) is 0 Å². The quantitative estimate of drug-likeness (QED) is 0.553. The van der Waals surface area contributed by atoms with E-state index in [2.05, 4.69) is 78.4 Å². The SMILES string of the molecule is Cc1ccc2c(c1C)N(CCCNCc1ccccc1N(C)C)c1cnccc1S2=O. The van der Waals surface area contributed by atoms with Crippen LogP contribution in [-0.4, -0.2) is 36.4 Å². The van der Waals surface area contributed by atoms with Gasteiger partial charge in [0.15, 0.2) is 0 Å². The average molecular weight is 435 g/mol. The van der Waals surface area contributed by atoms with Crippen LogP contribution < -0.4 is 15.1 Å². The Hall–Kier alpha value is -2.70. The largest absolute Gasteiger partial charge is 0.377 e. The fourth-order valence-electron chi connectivity index (χ4n) is 4.15. The molecule has 0 saturated carbocycles. The van der Waals surface area contributed by atoms with Crippen LogP contribution in [-0.2, 0) is 17.3 Å². The van der Waals surface area contributed by atoms with Gasteiger partial charge in [-0.15, -0.1) is 0 Å². The number of fused-ring (bicyclic) bond motifs is 2. The molecule has 2 heterocycles. The van der Waals surface area contributed by atoms with Crippen LogP contribution in [0.25, 0.3) is 0 Å². The molecule has 0 radical (unpaired) electrons. The topological polar surface area (TPSA) is 48.5 Å². The molecule has 5 nitrogen and oxygen atoms in total. The van der Waals surface area contributed by atoms with Gasteiger partial charge in [-0.3, -0.25) is 4.98 Å². The van der Waals surface area contributed by atoms with Gasteiger partial charge in [0.25, 0.3) is 0 Å². The molecule has 31 heavy (non-hydrogen) atoms. The fourth-order valence-corrected chi connectivity index (χ4v) is 5.55. The molecule has 1 aliphatic rings. The van der Waals surface area contributed by atoms with E-state index in [1.165, 1.54) is 22.4 Å². The molecule has 1 atom stereocenters. The van der Waals surface area contributed by atoms with Gasteiger partial charge in [-0.2, -0.15) is 0 Å². The standard InChI is InChI=1S/C25H30N4OS/c1-18-10-11-24-25(19(18)2)29(22-17-27-14-12-23(22)31(24)30)15-7-13-26-16-20-8-5-6-9-21(20)28(3)4/h5-6,8-12,14,17,26H,7,13,15-16H2,1-4H3. The van der Waals surface area contributed by atoms with Crippen molar-refractivity contribution in [2.75, 3.05) is 37.0 Å². The summed E-state index contributed by atoms with van der Waals surface area (Å²) < 4.78 is 13.2. The van der Waals surface area contributed by atoms with Gasteiger partial charge in [0.2, 0.25) is 0 Å². The maximum Gasteiger partial charge on any atom is 0.0893 e. The summed E-state index contributed by atoms with van der Waals surface area (Å²) in [5, 5.41) is 3.59. The van der Waals surface area contributed by atoms with Crippen molar-refractivity contribution in [2.24, 2.45) is 0 Å². The number of hydrogen-bond acceptors (Lipinski definition) is 5. The van der Waals surface area contributed by atoms with Crippen molar-refractivity contribution in [3.8, 4) is 0 Å². The van der Waals surface area contributed by atoms with Crippen LogP contribution >= 0.6 is 0 Å². The highest BCUT2D eigenvalue weighted by Gasteiger charge is 2.29. The summed E-state index contributed by atoms with van der Waals surface area (Å²) in [6.07, 6.45) is 4.54. The lowest BCUT2D eigenvalue weighted by Crippen LogP contribution is -2.28. The smallest absolute Gasteiger partial charge is 0.0893 e. The zero-order valence-corrected chi connectivity index (χ0v) is 19.5. The van der Waals surface area contributed by atoms with Gasteiger partial charge in [-0.05, 0) is 61.7 Å². The molecule has 0 fully saturated rings. The highest BCUT2D eigenvalue weighted by molar-refractivity contribution is 7.85. The van der Waals surface area contributed by atoms with Gasteiger partial charge < -0.3 is 15.1 Å². The van der Waals surface area contributed by atoms with E-state index in [-0.39, 0.29) is 0 Å². The molecule has 6 heteroatoms. The van der Waals surface area contributed by atoms with Crippen molar-refractivity contribution in [1.82, 2.24) is 10.3 Å². The summed E-state index contributed by atoms with van der Waals surface area (Å²) in [6, 6.07) is 14.5. The minimum Gasteiger partial charge on any atom is -0.377 e. The second-order valence-corrected chi connectivity index (χ2v) is 9.59. The lowest BCUT2D eigenvalue weighted by atomic mass is 10.1. The molecule has 3 aromatic rings. The Morgan fingerprint density at radius 3 is 2.68 bits per heavy atom. The molecular weight excluding hydrogens is 404 g/mol. The van der Waals surface area contributed by atoms with Crippen molar-refractivity contribution in [3.05, 3.63) is 71.5 Å². The Kier molecular flexibility index (Phi) is 6.39. The number of benzene rings is 2. The van der Waals surface area contributed by atoms with Gasteiger partial charge in [0.05, 0.1) is 38.2 Å². The Bertz CT molecular complexity index is 1110. The number of para-hydroxylation sites is 1. The van der Waals surface area contributed by atoms with E-state index in [1.807, 2.05) is 18.3 Å². The van der Waals surface area contributed by atoms with Crippen molar-refractivity contribution in [2.45, 2.75) is 36.6 Å². The van der Waals surface area contributed by atoms with Crippen molar-refractivity contribution in [1.29, 1.82) is 0 Å². The molecule has 0 amide bonds. The Morgan fingerprint density at radius 1 is 1.06 bits per heavy atom. The minimum atomic E-state index is -1.17. The number of anilines is 3. The summed E-state index contributed by atoms with van der Waals surface area (Å²) in [4.78, 5) is 10.5. The monoisotopic (exact) mass is 434 g/mol. The van der Waals surface area contributed by atoms with E-state index in [0.717, 1.165) is 47.2 Å². The minimum absolute atomic E-state index is 0.839. The van der Waals surface area contributed by atoms with Gasteiger partial charge in [0.1, 0.15) is 0 Å². The summed E-state index contributed by atoms with van der Waals surface area (Å²) in [5.74, 6) is 0. The first-order chi connectivity index (χ1) is 15.0. The predicted molar refractivity (Wildman–Crippen MR) is 129 cm³/mol. The molecular formula is C25H30N4OS. The second kappa shape index (κ2) is 9.20. The van der Waals surface area contributed by atoms with E-state index in [1.54, 1.807) is 6.20 Å². The molecule has 4 rings (SSSR count). The first-order valence-electron chi connectivity index (χ1n) is 10.7. The van der Waals surface area contributed by atoms with Gasteiger partial charge in [0, 0.05) is 39.1 Å². The summed E-state index contributed by atoms with van der Waals surface area (Å²) in [5.41, 5.74) is 6.98. The number of aromatic nitrogens is 1. The molecule has 1 aliphatic heterocycles. The normalized spacial score (nSPS) is 14.8. The first-order valence-corrected chi connectivity index (χ1v) is 11.8. The number of hydrogen-bond donors (Lipinski definition) is 1. The third kappa shape index (κ3) is 4.23. The van der Waals surface area contributed by atoms with Crippen LogP contribution in [0.3, 0.4) is 0 Å². The summed E-state index contributed by atoms with van der Waals surface area (Å²) >= 11 is 0. The molecule has 0 saturated heterocycles. The predicted octanol–water partition coefficient (Wildman–Crippen LogP) is 4.56. The fraction of sp³-hybridized carbons (Fsp3) is 0.320. The number of aryl methyl sites for hydroxylation is 1. The highest BCUT2D eigenvalue weighted by Crippen LogP contribution is 2.44. The molecule has 2 aromatic carbocycles. The van der Waals surface area contributed by atoms with Crippen LogP contribution in [0.1, 0.15) is 23.1 Å². The maximum atomic E-state index is 13.2. The third-order valence-corrected chi connectivity index (χ3v) is 7.38. The molecule has 162 valence electrons. The van der Waals surface area contributed by atoms with Gasteiger partial charge >= 0.3 is 0 Å². The number of pyridine rings is 1.